The van der Waals surface area contributed by atoms with Gasteiger partial charge in [0, 0.05) is 26.2 Å². The topological polar surface area (TPSA) is 41.3 Å². The Balaban J connectivity index is 2.88. The highest BCUT2D eigenvalue weighted by molar-refractivity contribution is 9.10. The molecular weight excluding hydrogens is 261 g/mol. The van der Waals surface area contributed by atoms with E-state index in [4.69, 9.17) is 5.73 Å². The lowest BCUT2D eigenvalue weighted by Crippen LogP contribution is -2.27. The van der Waals surface area contributed by atoms with E-state index in [1.165, 1.54) is 6.07 Å². The lowest BCUT2D eigenvalue weighted by atomic mass is 10.2. The minimum Gasteiger partial charge on any atom is -0.397 e. The number of likely N-dealkylation sites (N-methyl/N-ethyl adjacent to an activating group) is 2. The number of hydrogen-bond acceptors (Lipinski definition) is 3. The van der Waals surface area contributed by atoms with Crippen LogP contribution < -0.4 is 16.0 Å². The summed E-state index contributed by atoms with van der Waals surface area (Å²) in [6.45, 7) is 1.67. The largest absolute Gasteiger partial charge is 0.397 e. The first-order chi connectivity index (χ1) is 7.06. The molecule has 0 fully saturated rings. The SMILES string of the molecule is CNCCN(C)c1cc(Br)c(F)cc1N. The van der Waals surface area contributed by atoms with Crippen molar-refractivity contribution in [2.45, 2.75) is 0 Å². The van der Waals surface area contributed by atoms with Crippen molar-refractivity contribution in [3.8, 4) is 0 Å². The van der Waals surface area contributed by atoms with E-state index in [0.717, 1.165) is 18.8 Å². The van der Waals surface area contributed by atoms with E-state index in [1.807, 2.05) is 19.0 Å². The third-order valence-corrected chi connectivity index (χ3v) is 2.79. The molecule has 0 saturated heterocycles. The molecule has 1 aromatic carbocycles. The van der Waals surface area contributed by atoms with E-state index in [9.17, 15) is 4.39 Å². The third-order valence-electron chi connectivity index (χ3n) is 2.18. The summed E-state index contributed by atoms with van der Waals surface area (Å²) in [4.78, 5) is 1.98. The summed E-state index contributed by atoms with van der Waals surface area (Å²) in [7, 11) is 3.81. The molecule has 0 atom stereocenters. The fourth-order valence-corrected chi connectivity index (χ4v) is 1.61. The molecule has 0 aliphatic carbocycles. The molecule has 0 aliphatic heterocycles. The Labute approximate surface area is 97.6 Å². The van der Waals surface area contributed by atoms with Crippen molar-refractivity contribution in [2.75, 3.05) is 37.8 Å². The van der Waals surface area contributed by atoms with Crippen LogP contribution in [0.4, 0.5) is 15.8 Å². The molecule has 5 heteroatoms. The quantitative estimate of drug-likeness (QED) is 0.824. The molecule has 3 nitrogen and oxygen atoms in total. The van der Waals surface area contributed by atoms with Gasteiger partial charge in [-0.05, 0) is 29.0 Å². The van der Waals surface area contributed by atoms with Crippen LogP contribution in [0.15, 0.2) is 16.6 Å². The van der Waals surface area contributed by atoms with Crippen molar-refractivity contribution in [1.82, 2.24) is 5.32 Å². The van der Waals surface area contributed by atoms with Crippen LogP contribution >= 0.6 is 15.9 Å². The molecule has 0 heterocycles. The highest BCUT2D eigenvalue weighted by atomic mass is 79.9. The van der Waals surface area contributed by atoms with E-state index in [0.29, 0.717) is 10.2 Å². The van der Waals surface area contributed by atoms with Crippen molar-refractivity contribution < 1.29 is 4.39 Å². The molecular formula is C10H15BrFN3. The van der Waals surface area contributed by atoms with Crippen molar-refractivity contribution in [2.24, 2.45) is 0 Å². The number of nitrogens with one attached hydrogen (secondary N) is 1. The van der Waals surface area contributed by atoms with E-state index >= 15 is 0 Å². The second kappa shape index (κ2) is 5.32. The Morgan fingerprint density at radius 2 is 2.20 bits per heavy atom. The molecule has 0 saturated carbocycles. The number of nitrogens with two attached hydrogens (primary N) is 1. The van der Waals surface area contributed by atoms with E-state index in [2.05, 4.69) is 21.2 Å². The Bertz CT molecular complexity index is 344. The zero-order valence-electron chi connectivity index (χ0n) is 8.85. The molecule has 0 bridgehead atoms. The fraction of sp³-hybridized carbons (Fsp3) is 0.400. The maximum atomic E-state index is 13.1. The number of rotatable bonds is 4. The predicted octanol–water partition coefficient (Wildman–Crippen LogP) is 1.83. The van der Waals surface area contributed by atoms with Gasteiger partial charge in [0.15, 0.2) is 0 Å². The Morgan fingerprint density at radius 1 is 1.53 bits per heavy atom. The number of nitrogen functional groups attached to an aromatic ring is 1. The summed E-state index contributed by atoms with van der Waals surface area (Å²) in [6, 6.07) is 3.02. The smallest absolute Gasteiger partial charge is 0.139 e. The van der Waals surface area contributed by atoms with Crippen molar-refractivity contribution in [1.29, 1.82) is 0 Å². The zero-order chi connectivity index (χ0) is 11.4. The molecule has 0 amide bonds. The second-order valence-corrected chi connectivity index (χ2v) is 4.20. The monoisotopic (exact) mass is 275 g/mol. The van der Waals surface area contributed by atoms with Gasteiger partial charge in [-0.15, -0.1) is 0 Å². The zero-order valence-corrected chi connectivity index (χ0v) is 10.4. The molecule has 84 valence electrons. The maximum Gasteiger partial charge on any atom is 0.139 e. The second-order valence-electron chi connectivity index (χ2n) is 3.35. The average molecular weight is 276 g/mol. The summed E-state index contributed by atoms with van der Waals surface area (Å²) in [6.07, 6.45) is 0. The van der Waals surface area contributed by atoms with Gasteiger partial charge in [-0.2, -0.15) is 0 Å². The predicted molar refractivity (Wildman–Crippen MR) is 65.7 cm³/mol. The van der Waals surface area contributed by atoms with E-state index in [-0.39, 0.29) is 5.82 Å². The molecule has 0 radical (unpaired) electrons. The van der Waals surface area contributed by atoms with E-state index in [1.54, 1.807) is 6.07 Å². The van der Waals surface area contributed by atoms with Crippen LogP contribution in [0.1, 0.15) is 0 Å². The summed E-state index contributed by atoms with van der Waals surface area (Å²) in [5, 5.41) is 3.05. The van der Waals surface area contributed by atoms with Crippen LogP contribution in [-0.4, -0.2) is 27.2 Å². The van der Waals surface area contributed by atoms with Gasteiger partial charge in [-0.3, -0.25) is 0 Å². The highest BCUT2D eigenvalue weighted by Crippen LogP contribution is 2.28. The van der Waals surface area contributed by atoms with Crippen molar-refractivity contribution in [3.05, 3.63) is 22.4 Å². The average Bonchev–Trinajstić information content (AvgIpc) is 2.20. The molecule has 1 aromatic rings. The normalized spacial score (nSPS) is 10.4. The minimum atomic E-state index is -0.335. The summed E-state index contributed by atoms with van der Waals surface area (Å²) in [5.74, 6) is -0.335. The summed E-state index contributed by atoms with van der Waals surface area (Å²) < 4.78 is 13.6. The maximum absolute atomic E-state index is 13.1. The van der Waals surface area contributed by atoms with Crippen molar-refractivity contribution >= 4 is 27.3 Å². The first-order valence-corrected chi connectivity index (χ1v) is 5.45. The van der Waals surface area contributed by atoms with Gasteiger partial charge in [-0.1, -0.05) is 0 Å². The Kier molecular flexibility index (Phi) is 4.35. The van der Waals surface area contributed by atoms with Gasteiger partial charge in [0.2, 0.25) is 0 Å². The summed E-state index contributed by atoms with van der Waals surface area (Å²) in [5.41, 5.74) is 7.03. The first-order valence-electron chi connectivity index (χ1n) is 4.66. The fourth-order valence-electron chi connectivity index (χ4n) is 1.28. The Morgan fingerprint density at radius 3 is 2.80 bits per heavy atom. The number of anilines is 2. The van der Waals surface area contributed by atoms with Crippen LogP contribution in [0, 0.1) is 5.82 Å². The minimum absolute atomic E-state index is 0.335. The molecule has 0 spiro atoms. The molecule has 3 N–H and O–H groups in total. The number of benzene rings is 1. The lowest BCUT2D eigenvalue weighted by molar-refractivity contribution is 0.621. The molecule has 0 aromatic heterocycles. The van der Waals surface area contributed by atoms with Gasteiger partial charge in [0.1, 0.15) is 5.82 Å². The van der Waals surface area contributed by atoms with Crippen LogP contribution in [0.25, 0.3) is 0 Å². The number of halogens is 2. The summed E-state index contributed by atoms with van der Waals surface area (Å²) >= 11 is 3.14. The van der Waals surface area contributed by atoms with Crippen LogP contribution in [-0.2, 0) is 0 Å². The van der Waals surface area contributed by atoms with E-state index < -0.39 is 0 Å². The third kappa shape index (κ3) is 3.07. The molecule has 15 heavy (non-hydrogen) atoms. The number of hydrogen-bond donors (Lipinski definition) is 2. The lowest BCUT2D eigenvalue weighted by Gasteiger charge is -2.21. The van der Waals surface area contributed by atoms with Crippen molar-refractivity contribution in [3.63, 3.8) is 0 Å². The Hall–Kier alpha value is -0.810. The van der Waals surface area contributed by atoms with Crippen LogP contribution in [0.2, 0.25) is 0 Å². The number of nitrogens with zero attached hydrogens (tertiary/aromatic N) is 1. The van der Waals surface area contributed by atoms with Gasteiger partial charge in [-0.25, -0.2) is 4.39 Å². The standard InChI is InChI=1S/C10H15BrFN3/c1-14-3-4-15(2)10-5-7(11)8(12)6-9(10)13/h5-6,14H,3-4,13H2,1-2H3. The van der Waals surface area contributed by atoms with Gasteiger partial charge >= 0.3 is 0 Å². The molecule has 1 rings (SSSR count). The van der Waals surface area contributed by atoms with Crippen LogP contribution in [0.3, 0.4) is 0 Å². The highest BCUT2D eigenvalue weighted by Gasteiger charge is 2.09. The van der Waals surface area contributed by atoms with Crippen LogP contribution in [0.5, 0.6) is 0 Å². The van der Waals surface area contributed by atoms with Gasteiger partial charge < -0.3 is 16.0 Å². The first kappa shape index (κ1) is 12.3. The van der Waals surface area contributed by atoms with Gasteiger partial charge in [0.05, 0.1) is 15.8 Å². The molecule has 0 aliphatic rings. The molecule has 0 unspecified atom stereocenters. The van der Waals surface area contributed by atoms with Gasteiger partial charge in [0.25, 0.3) is 0 Å².